The molecule has 8 atom stereocenters. The predicted molar refractivity (Wildman–Crippen MR) is 238 cm³/mol. The molecular weight excluding hydrogens is 881 g/mol. The minimum absolute atomic E-state index is 0.00649. The Hall–Kier alpha value is -3.21. The largest absolute Gasteiger partial charge is 0.378 e. The van der Waals surface area contributed by atoms with Gasteiger partial charge in [-0.15, -0.1) is 11.8 Å². The van der Waals surface area contributed by atoms with Gasteiger partial charge in [-0.25, -0.2) is 12.7 Å². The van der Waals surface area contributed by atoms with Gasteiger partial charge in [0.2, 0.25) is 51.4 Å². The van der Waals surface area contributed by atoms with Gasteiger partial charge >= 0.3 is 0 Å². The quantitative estimate of drug-likeness (QED) is 0.0956. The maximum atomic E-state index is 13.7. The van der Waals surface area contributed by atoms with Crippen LogP contribution in [-0.2, 0) is 53.1 Å². The number of piperidine rings is 1. The summed E-state index contributed by atoms with van der Waals surface area (Å²) in [5, 5.41) is 14.8. The SMILES string of the molecule is CS(=O)(=O)N1CCC(C(=O)N[C@@H](COCC2CCC(C(=O)NCCOC3CN(C4CCC5C(=O)N(C6CCC(=O)NC6=O)C(=O)C5C4)C3)CC2)C(=O)NC2NC(C3CCCCC3)CS2)C1. The number of ether oxygens (including phenoxy) is 2. The van der Waals surface area contributed by atoms with Gasteiger partial charge in [-0.3, -0.25) is 54.0 Å². The van der Waals surface area contributed by atoms with Gasteiger partial charge in [-0.05, 0) is 82.5 Å². The zero-order valence-electron chi connectivity index (χ0n) is 37.5. The minimum Gasteiger partial charge on any atom is -0.378 e. The first-order chi connectivity index (χ1) is 31.2. The minimum atomic E-state index is -3.42. The molecule has 0 bridgehead atoms. The van der Waals surface area contributed by atoms with Crippen molar-refractivity contribution in [2.24, 2.45) is 35.5 Å². The lowest BCUT2D eigenvalue weighted by Crippen LogP contribution is -2.58. The van der Waals surface area contributed by atoms with E-state index in [0.29, 0.717) is 76.9 Å². The third-order valence-corrected chi connectivity index (χ3v) is 17.8. The molecule has 0 aromatic rings. The second-order valence-electron chi connectivity index (χ2n) is 19.7. The van der Waals surface area contributed by atoms with Crippen molar-refractivity contribution in [3.63, 3.8) is 0 Å². The number of amides is 7. The monoisotopic (exact) mass is 948 g/mol. The molecule has 8 aliphatic rings. The average molecular weight is 949 g/mol. The summed E-state index contributed by atoms with van der Waals surface area (Å²) in [4.78, 5) is 94.1. The number of hydrogen-bond acceptors (Lipinski definition) is 14. The highest BCUT2D eigenvalue weighted by atomic mass is 32.2. The van der Waals surface area contributed by atoms with Crippen LogP contribution in [0.5, 0.6) is 0 Å². The van der Waals surface area contributed by atoms with E-state index in [1.54, 1.807) is 11.8 Å². The molecule has 19 nitrogen and oxygen atoms in total. The van der Waals surface area contributed by atoms with Gasteiger partial charge < -0.3 is 25.4 Å². The molecule has 362 valence electrons. The molecule has 3 saturated carbocycles. The van der Waals surface area contributed by atoms with Crippen molar-refractivity contribution in [3.05, 3.63) is 0 Å². The number of carbonyl (C=O) groups excluding carboxylic acids is 7. The molecule has 0 spiro atoms. The normalized spacial score (nSPS) is 33.6. The van der Waals surface area contributed by atoms with E-state index in [9.17, 15) is 42.0 Å². The fourth-order valence-electron chi connectivity index (χ4n) is 11.4. The molecule has 5 saturated heterocycles. The zero-order chi connectivity index (χ0) is 45.8. The first kappa shape index (κ1) is 48.3. The van der Waals surface area contributed by atoms with Crippen LogP contribution in [0.15, 0.2) is 0 Å². The maximum Gasteiger partial charge on any atom is 0.249 e. The third-order valence-electron chi connectivity index (χ3n) is 15.4. The van der Waals surface area contributed by atoms with E-state index in [0.717, 1.165) is 36.2 Å². The van der Waals surface area contributed by atoms with E-state index in [-0.39, 0.29) is 97.5 Å². The molecule has 7 unspecified atom stereocenters. The van der Waals surface area contributed by atoms with Gasteiger partial charge in [0.15, 0.2) is 0 Å². The Morgan fingerprint density at radius 3 is 2.34 bits per heavy atom. The summed E-state index contributed by atoms with van der Waals surface area (Å²) >= 11 is 1.66. The standard InChI is InChI=1S/C44H68N8O11S2/c1-65(60,61)51-17-15-29(20-51)39(55)46-34(40(56)49-44-47-35(25-64-44)27-5-3-2-4-6-27)24-62-23-26-7-9-28(10-8-26)38(54)45-16-18-63-31-21-50(22-31)30-11-12-32-33(19-30)43(59)52(42(32)58)36-13-14-37(53)48-41(36)57/h26-36,44,47H,2-25H2,1H3,(H,45,54)(H,46,55)(H,49,56)(H,48,53,57)/t26?,28?,29?,30?,32?,33?,34-,35?,36?,44?/m0/s1. The Morgan fingerprint density at radius 2 is 1.62 bits per heavy atom. The fraction of sp³-hybridized carbons (Fsp3) is 0.841. The van der Waals surface area contributed by atoms with E-state index in [2.05, 4.69) is 31.5 Å². The molecule has 65 heavy (non-hydrogen) atoms. The highest BCUT2D eigenvalue weighted by Gasteiger charge is 2.55. The number of nitrogens with one attached hydrogen (secondary N) is 5. The number of likely N-dealkylation sites (tertiary alicyclic amines) is 2. The zero-order valence-corrected chi connectivity index (χ0v) is 39.2. The number of thioether (sulfide) groups is 1. The molecule has 0 aromatic carbocycles. The van der Waals surface area contributed by atoms with Crippen molar-refractivity contribution < 1.29 is 51.5 Å². The number of fused-ring (bicyclic) bond motifs is 1. The Labute approximate surface area is 386 Å². The molecule has 7 amide bonds. The van der Waals surface area contributed by atoms with E-state index in [1.807, 2.05) is 0 Å². The number of carbonyl (C=O) groups is 7. The van der Waals surface area contributed by atoms with Crippen LogP contribution < -0.4 is 26.6 Å². The van der Waals surface area contributed by atoms with Gasteiger partial charge in [-0.1, -0.05) is 19.3 Å². The second kappa shape index (κ2) is 21.4. The predicted octanol–water partition coefficient (Wildman–Crippen LogP) is 0.0367. The lowest BCUT2D eigenvalue weighted by Gasteiger charge is -2.46. The molecule has 8 fully saturated rings. The summed E-state index contributed by atoms with van der Waals surface area (Å²) in [6.45, 7) is 2.93. The second-order valence-corrected chi connectivity index (χ2v) is 22.9. The fourth-order valence-corrected chi connectivity index (χ4v) is 13.6. The van der Waals surface area contributed by atoms with E-state index >= 15 is 0 Å². The average Bonchev–Trinajstić information content (AvgIpc) is 4.02. The first-order valence-corrected chi connectivity index (χ1v) is 27.0. The van der Waals surface area contributed by atoms with Crippen molar-refractivity contribution in [1.82, 2.24) is 40.7 Å². The molecule has 0 aromatic heterocycles. The number of hydrogen-bond donors (Lipinski definition) is 5. The molecule has 0 radical (unpaired) electrons. The van der Waals surface area contributed by atoms with Crippen LogP contribution in [0.2, 0.25) is 0 Å². The number of rotatable bonds is 17. The highest BCUT2D eigenvalue weighted by Crippen LogP contribution is 2.42. The Balaban J connectivity index is 0.712. The summed E-state index contributed by atoms with van der Waals surface area (Å²) in [5.41, 5.74) is -0.266. The van der Waals surface area contributed by atoms with Gasteiger partial charge in [0.25, 0.3) is 0 Å². The lowest BCUT2D eigenvalue weighted by atomic mass is 9.77. The van der Waals surface area contributed by atoms with Crippen molar-refractivity contribution >= 4 is 63.1 Å². The van der Waals surface area contributed by atoms with E-state index in [1.165, 1.54) is 36.4 Å². The summed E-state index contributed by atoms with van der Waals surface area (Å²) in [6, 6.07) is -1.37. The molecule has 3 aliphatic carbocycles. The van der Waals surface area contributed by atoms with Crippen LogP contribution in [-0.4, -0.2) is 164 Å². The summed E-state index contributed by atoms with van der Waals surface area (Å²) in [6.07, 6.45) is 12.9. The van der Waals surface area contributed by atoms with E-state index in [4.69, 9.17) is 9.47 Å². The van der Waals surface area contributed by atoms with Crippen LogP contribution in [0.4, 0.5) is 0 Å². The van der Waals surface area contributed by atoms with Crippen LogP contribution in [0.1, 0.15) is 96.3 Å². The summed E-state index contributed by atoms with van der Waals surface area (Å²) in [7, 11) is -3.42. The van der Waals surface area contributed by atoms with Gasteiger partial charge in [0.1, 0.15) is 17.6 Å². The number of imide groups is 2. The maximum absolute atomic E-state index is 13.7. The third kappa shape index (κ3) is 11.7. The van der Waals surface area contributed by atoms with Crippen molar-refractivity contribution in [2.75, 3.05) is 64.6 Å². The van der Waals surface area contributed by atoms with Crippen molar-refractivity contribution in [3.8, 4) is 0 Å². The molecule has 5 aliphatic heterocycles. The van der Waals surface area contributed by atoms with Crippen LogP contribution in [0.25, 0.3) is 0 Å². The first-order valence-electron chi connectivity index (χ1n) is 24.1. The van der Waals surface area contributed by atoms with Gasteiger partial charge in [0.05, 0.1) is 43.3 Å². The topological polar surface area (TPSA) is 242 Å². The molecule has 8 rings (SSSR count). The highest BCUT2D eigenvalue weighted by molar-refractivity contribution is 8.00. The number of sulfonamides is 1. The van der Waals surface area contributed by atoms with Gasteiger partial charge in [0, 0.05) is 69.5 Å². The molecule has 5 heterocycles. The Morgan fingerprint density at radius 1 is 0.862 bits per heavy atom. The molecule has 5 N–H and O–H groups in total. The smallest absolute Gasteiger partial charge is 0.249 e. The summed E-state index contributed by atoms with van der Waals surface area (Å²) < 4.78 is 37.6. The van der Waals surface area contributed by atoms with E-state index < -0.39 is 45.8 Å². The van der Waals surface area contributed by atoms with Crippen LogP contribution in [0, 0.1) is 35.5 Å². The summed E-state index contributed by atoms with van der Waals surface area (Å²) in [5.74, 6) is -2.05. The van der Waals surface area contributed by atoms with Gasteiger partial charge in [-0.2, -0.15) is 0 Å². The number of nitrogens with zero attached hydrogens (tertiary/aromatic N) is 3. The van der Waals surface area contributed by atoms with Crippen molar-refractivity contribution in [2.45, 2.75) is 132 Å². The van der Waals surface area contributed by atoms with Crippen molar-refractivity contribution in [1.29, 1.82) is 0 Å². The molecular formula is C44H68N8O11S2. The Bertz CT molecular complexity index is 1910. The lowest BCUT2D eigenvalue weighted by molar-refractivity contribution is -0.151. The molecule has 21 heteroatoms. The van der Waals surface area contributed by atoms with Crippen LogP contribution >= 0.6 is 11.8 Å². The Kier molecular flexibility index (Phi) is 15.9. The van der Waals surface area contributed by atoms with Crippen LogP contribution in [0.3, 0.4) is 0 Å².